The van der Waals surface area contributed by atoms with Gasteiger partial charge in [-0.3, -0.25) is 19.0 Å². The third kappa shape index (κ3) is 4.96. The Morgan fingerprint density at radius 2 is 1.81 bits per heavy atom. The molecule has 1 aromatic carbocycles. The van der Waals surface area contributed by atoms with Gasteiger partial charge >= 0.3 is 0 Å². The Hall–Kier alpha value is -3.00. The molecule has 0 bridgehead atoms. The molecule has 2 fully saturated rings. The van der Waals surface area contributed by atoms with E-state index in [1.54, 1.807) is 0 Å². The fraction of sp³-hybridized carbons (Fsp3) is 0.500. The van der Waals surface area contributed by atoms with Gasteiger partial charge in [0.25, 0.3) is 11.5 Å². The summed E-state index contributed by atoms with van der Waals surface area (Å²) < 4.78 is 1.40. The molecular weight excluding hydrogens is 472 g/mol. The molecule has 5 rings (SSSR count). The predicted molar refractivity (Wildman–Crippen MR) is 142 cm³/mol. The number of nitrogens with zero attached hydrogens (tertiary/aromatic N) is 4. The highest BCUT2D eigenvalue weighted by Gasteiger charge is 2.28. The highest BCUT2D eigenvalue weighted by Crippen LogP contribution is 2.30. The van der Waals surface area contributed by atoms with Gasteiger partial charge in [0.05, 0.1) is 16.6 Å². The van der Waals surface area contributed by atoms with Crippen molar-refractivity contribution in [1.29, 1.82) is 0 Å². The first kappa shape index (κ1) is 24.7. The van der Waals surface area contributed by atoms with E-state index in [2.05, 4.69) is 36.2 Å². The van der Waals surface area contributed by atoms with Crippen LogP contribution in [-0.2, 0) is 17.8 Å². The van der Waals surface area contributed by atoms with Crippen LogP contribution >= 0.6 is 11.3 Å². The lowest BCUT2D eigenvalue weighted by atomic mass is 9.90. The SMILES string of the molecule is Cc1c(C(=O)N2CCC(Cc3ccccc3)CC2)sc2ncn(CC(=O)N3CCCC[C@H]3C)c(=O)c12. The van der Waals surface area contributed by atoms with Crippen molar-refractivity contribution >= 4 is 33.4 Å². The van der Waals surface area contributed by atoms with Gasteiger partial charge in [0.2, 0.25) is 5.91 Å². The summed E-state index contributed by atoms with van der Waals surface area (Å²) in [7, 11) is 0. The van der Waals surface area contributed by atoms with E-state index in [9.17, 15) is 14.4 Å². The Balaban J connectivity index is 1.29. The Bertz CT molecular complexity index is 1310. The Kier molecular flexibility index (Phi) is 7.23. The van der Waals surface area contributed by atoms with Crippen molar-refractivity contribution in [2.75, 3.05) is 19.6 Å². The zero-order valence-electron chi connectivity index (χ0n) is 21.1. The average molecular weight is 507 g/mol. The number of amides is 2. The normalized spacial score (nSPS) is 19.1. The van der Waals surface area contributed by atoms with Crippen LogP contribution in [0.2, 0.25) is 0 Å². The number of carbonyl (C=O) groups excluding carboxylic acids is 2. The minimum absolute atomic E-state index is 0.0143. The number of thiophene rings is 1. The Labute approximate surface area is 215 Å². The standard InChI is InChI=1S/C28H34N4O3S/c1-19-8-6-7-13-32(19)23(33)17-31-18-29-26-24(27(31)34)20(2)25(36-26)28(35)30-14-11-22(12-15-30)16-21-9-4-3-5-10-21/h3-5,9-10,18-19,22H,6-8,11-17H2,1-2H3/t19-/m1/s1. The minimum atomic E-state index is -0.243. The van der Waals surface area contributed by atoms with Gasteiger partial charge in [0.1, 0.15) is 11.4 Å². The number of carbonyl (C=O) groups is 2. The van der Waals surface area contributed by atoms with Crippen LogP contribution in [0.5, 0.6) is 0 Å². The van der Waals surface area contributed by atoms with Gasteiger partial charge in [0.15, 0.2) is 0 Å². The first-order valence-corrected chi connectivity index (χ1v) is 13.8. The summed E-state index contributed by atoms with van der Waals surface area (Å²) in [4.78, 5) is 49.0. The molecule has 0 aliphatic carbocycles. The molecule has 0 saturated carbocycles. The van der Waals surface area contributed by atoms with Crippen molar-refractivity contribution in [2.45, 2.75) is 65.0 Å². The topological polar surface area (TPSA) is 75.5 Å². The van der Waals surface area contributed by atoms with Crippen LogP contribution in [0.4, 0.5) is 0 Å². The third-order valence-corrected chi connectivity index (χ3v) is 9.00. The second-order valence-electron chi connectivity index (χ2n) is 10.3. The molecule has 2 amide bonds. The van der Waals surface area contributed by atoms with Crippen LogP contribution in [-0.4, -0.2) is 56.8 Å². The predicted octanol–water partition coefficient (Wildman–Crippen LogP) is 4.26. The molecule has 1 atom stereocenters. The van der Waals surface area contributed by atoms with Crippen LogP contribution in [0.25, 0.3) is 10.2 Å². The molecule has 190 valence electrons. The largest absolute Gasteiger partial charge is 0.338 e. The summed E-state index contributed by atoms with van der Waals surface area (Å²) in [6.07, 6.45) is 7.59. The van der Waals surface area contributed by atoms with E-state index in [1.165, 1.54) is 27.8 Å². The molecule has 2 aliphatic heterocycles. The van der Waals surface area contributed by atoms with Crippen molar-refractivity contribution in [3.05, 3.63) is 63.0 Å². The molecule has 4 heterocycles. The second kappa shape index (κ2) is 10.5. The van der Waals surface area contributed by atoms with Crippen LogP contribution in [0.15, 0.2) is 41.5 Å². The molecule has 8 heteroatoms. The maximum atomic E-state index is 13.4. The molecule has 0 N–H and O–H groups in total. The van der Waals surface area contributed by atoms with Crippen LogP contribution in [0, 0.1) is 12.8 Å². The summed E-state index contributed by atoms with van der Waals surface area (Å²) in [6, 6.07) is 10.7. The Morgan fingerprint density at radius 3 is 2.53 bits per heavy atom. The van der Waals surface area contributed by atoms with Crippen molar-refractivity contribution in [3.8, 4) is 0 Å². The van der Waals surface area contributed by atoms with Gasteiger partial charge in [-0.25, -0.2) is 4.98 Å². The number of hydrogen-bond donors (Lipinski definition) is 0. The summed E-state index contributed by atoms with van der Waals surface area (Å²) in [5, 5.41) is 0.462. The van der Waals surface area contributed by atoms with E-state index < -0.39 is 0 Å². The molecule has 7 nitrogen and oxygen atoms in total. The molecule has 2 aromatic heterocycles. The smallest absolute Gasteiger partial charge is 0.264 e. The lowest BCUT2D eigenvalue weighted by Gasteiger charge is -2.33. The third-order valence-electron chi connectivity index (χ3n) is 7.81. The van der Waals surface area contributed by atoms with Crippen molar-refractivity contribution in [3.63, 3.8) is 0 Å². The van der Waals surface area contributed by atoms with Gasteiger partial charge in [-0.2, -0.15) is 0 Å². The number of aromatic nitrogens is 2. The quantitative estimate of drug-likeness (QED) is 0.518. The van der Waals surface area contributed by atoms with Crippen LogP contribution in [0.1, 0.15) is 59.8 Å². The highest BCUT2D eigenvalue weighted by atomic mass is 32.1. The minimum Gasteiger partial charge on any atom is -0.338 e. The fourth-order valence-electron chi connectivity index (χ4n) is 5.61. The van der Waals surface area contributed by atoms with Gasteiger partial charge < -0.3 is 9.80 Å². The Morgan fingerprint density at radius 1 is 1.06 bits per heavy atom. The van der Waals surface area contributed by atoms with Crippen molar-refractivity contribution in [1.82, 2.24) is 19.4 Å². The zero-order valence-corrected chi connectivity index (χ0v) is 21.9. The summed E-state index contributed by atoms with van der Waals surface area (Å²) >= 11 is 1.29. The fourth-order valence-corrected chi connectivity index (χ4v) is 6.72. The summed E-state index contributed by atoms with van der Waals surface area (Å²) in [5.41, 5.74) is 1.78. The number of benzene rings is 1. The van der Waals surface area contributed by atoms with Crippen molar-refractivity contribution in [2.24, 2.45) is 5.92 Å². The molecule has 0 unspecified atom stereocenters. The number of fused-ring (bicyclic) bond motifs is 1. The second-order valence-corrected chi connectivity index (χ2v) is 11.3. The lowest BCUT2D eigenvalue weighted by Crippen LogP contribution is -2.44. The number of rotatable bonds is 5. The van der Waals surface area contributed by atoms with Gasteiger partial charge in [-0.1, -0.05) is 30.3 Å². The molecule has 2 saturated heterocycles. The monoisotopic (exact) mass is 506 g/mol. The van der Waals surface area contributed by atoms with Gasteiger partial charge in [0, 0.05) is 25.7 Å². The van der Waals surface area contributed by atoms with E-state index in [4.69, 9.17) is 0 Å². The summed E-state index contributed by atoms with van der Waals surface area (Å²) in [6.45, 7) is 6.07. The van der Waals surface area contributed by atoms with Crippen LogP contribution in [0.3, 0.4) is 0 Å². The lowest BCUT2D eigenvalue weighted by molar-refractivity contribution is -0.135. The van der Waals surface area contributed by atoms with Crippen molar-refractivity contribution < 1.29 is 9.59 Å². The summed E-state index contributed by atoms with van der Waals surface area (Å²) in [5.74, 6) is 0.514. The maximum Gasteiger partial charge on any atom is 0.264 e. The molecule has 3 aromatic rings. The average Bonchev–Trinajstić information content (AvgIpc) is 3.23. The van der Waals surface area contributed by atoms with E-state index in [0.29, 0.717) is 26.6 Å². The molecule has 0 spiro atoms. The van der Waals surface area contributed by atoms with E-state index in [-0.39, 0.29) is 30.0 Å². The maximum absolute atomic E-state index is 13.4. The molecule has 36 heavy (non-hydrogen) atoms. The van der Waals surface area contributed by atoms with E-state index in [0.717, 1.165) is 58.2 Å². The number of piperidine rings is 2. The number of hydrogen-bond acceptors (Lipinski definition) is 5. The first-order valence-electron chi connectivity index (χ1n) is 13.0. The first-order chi connectivity index (χ1) is 17.4. The van der Waals surface area contributed by atoms with E-state index >= 15 is 0 Å². The number of likely N-dealkylation sites (tertiary alicyclic amines) is 2. The van der Waals surface area contributed by atoms with Gasteiger partial charge in [-0.15, -0.1) is 11.3 Å². The van der Waals surface area contributed by atoms with Crippen LogP contribution < -0.4 is 5.56 Å². The number of aryl methyl sites for hydroxylation is 1. The molecular formula is C28H34N4O3S. The zero-order chi connectivity index (χ0) is 25.2. The molecule has 2 aliphatic rings. The molecule has 0 radical (unpaired) electrons. The van der Waals surface area contributed by atoms with Gasteiger partial charge in [-0.05, 0) is 69.4 Å². The highest BCUT2D eigenvalue weighted by molar-refractivity contribution is 7.20. The van der Waals surface area contributed by atoms with E-state index in [1.807, 2.05) is 22.8 Å².